The molecule has 0 spiro atoms. The second-order valence-electron chi connectivity index (χ2n) is 7.09. The van der Waals surface area contributed by atoms with Gasteiger partial charge in [0.1, 0.15) is 0 Å². The summed E-state index contributed by atoms with van der Waals surface area (Å²) in [6.07, 6.45) is 4.43. The average molecular weight is 335 g/mol. The lowest BCUT2D eigenvalue weighted by Crippen LogP contribution is -2.34. The Labute approximate surface area is 144 Å². The summed E-state index contributed by atoms with van der Waals surface area (Å²) in [6.45, 7) is 7.74. The first-order valence-corrected chi connectivity index (χ1v) is 9.28. The van der Waals surface area contributed by atoms with Crippen molar-refractivity contribution in [3.05, 3.63) is 34.9 Å². The lowest BCUT2D eigenvalue weighted by atomic mass is 10.0. The van der Waals surface area contributed by atoms with Gasteiger partial charge in [-0.05, 0) is 42.5 Å². The summed E-state index contributed by atoms with van der Waals surface area (Å²) in [5.41, 5.74) is 1.05. The number of benzene rings is 1. The molecule has 3 nitrogen and oxygen atoms in total. The standard InChI is InChI=1S/C19H27ClN2O/c1-2-3-4-9-21-11-16-13-22(14-17(16)12-21)19(23)10-15-5-7-18(20)8-6-15/h5-8,16-17H,2-4,9-14H2,1H3. The molecule has 126 valence electrons. The molecule has 2 saturated heterocycles. The summed E-state index contributed by atoms with van der Waals surface area (Å²) in [5.74, 6) is 1.64. The number of likely N-dealkylation sites (tertiary alicyclic amines) is 2. The molecule has 0 bridgehead atoms. The molecule has 23 heavy (non-hydrogen) atoms. The van der Waals surface area contributed by atoms with E-state index >= 15 is 0 Å². The first-order chi connectivity index (χ1) is 11.2. The van der Waals surface area contributed by atoms with Crippen LogP contribution in [0.1, 0.15) is 31.7 Å². The van der Waals surface area contributed by atoms with Crippen LogP contribution in [0.15, 0.2) is 24.3 Å². The minimum Gasteiger partial charge on any atom is -0.342 e. The van der Waals surface area contributed by atoms with Gasteiger partial charge in [-0.1, -0.05) is 43.5 Å². The van der Waals surface area contributed by atoms with Crippen LogP contribution in [0.25, 0.3) is 0 Å². The number of carbonyl (C=O) groups is 1. The van der Waals surface area contributed by atoms with Gasteiger partial charge in [-0.15, -0.1) is 0 Å². The highest BCUT2D eigenvalue weighted by atomic mass is 35.5. The van der Waals surface area contributed by atoms with Gasteiger partial charge in [-0.25, -0.2) is 0 Å². The first-order valence-electron chi connectivity index (χ1n) is 8.90. The molecule has 0 aliphatic carbocycles. The Hall–Kier alpha value is -1.06. The van der Waals surface area contributed by atoms with Crippen molar-refractivity contribution in [1.29, 1.82) is 0 Å². The molecule has 0 aromatic heterocycles. The van der Waals surface area contributed by atoms with E-state index in [0.717, 1.165) is 23.7 Å². The maximum absolute atomic E-state index is 12.5. The van der Waals surface area contributed by atoms with Crippen LogP contribution in [0, 0.1) is 11.8 Å². The number of unbranched alkanes of at least 4 members (excludes halogenated alkanes) is 2. The monoisotopic (exact) mass is 334 g/mol. The second kappa shape index (κ2) is 7.67. The Bertz CT molecular complexity index is 517. The van der Waals surface area contributed by atoms with Crippen molar-refractivity contribution in [2.24, 2.45) is 11.8 Å². The van der Waals surface area contributed by atoms with Gasteiger partial charge in [-0.2, -0.15) is 0 Å². The van der Waals surface area contributed by atoms with E-state index in [-0.39, 0.29) is 5.91 Å². The van der Waals surface area contributed by atoms with Crippen LogP contribution in [0.4, 0.5) is 0 Å². The molecule has 2 heterocycles. The molecule has 2 unspecified atom stereocenters. The molecule has 0 N–H and O–H groups in total. The van der Waals surface area contributed by atoms with Crippen LogP contribution < -0.4 is 0 Å². The Balaban J connectivity index is 1.46. The minimum atomic E-state index is 0.263. The van der Waals surface area contributed by atoms with Crippen molar-refractivity contribution in [2.75, 3.05) is 32.7 Å². The molecule has 1 amide bonds. The number of carbonyl (C=O) groups excluding carboxylic acids is 1. The number of rotatable bonds is 6. The maximum atomic E-state index is 12.5. The zero-order valence-electron chi connectivity index (χ0n) is 14.0. The molecule has 1 aromatic carbocycles. The topological polar surface area (TPSA) is 23.6 Å². The van der Waals surface area contributed by atoms with Crippen molar-refractivity contribution in [1.82, 2.24) is 9.80 Å². The molecular weight excluding hydrogens is 308 g/mol. The number of amides is 1. The van der Waals surface area contributed by atoms with E-state index in [1.54, 1.807) is 0 Å². The highest BCUT2D eigenvalue weighted by molar-refractivity contribution is 6.30. The lowest BCUT2D eigenvalue weighted by Gasteiger charge is -2.21. The molecule has 0 radical (unpaired) electrons. The predicted molar refractivity (Wildman–Crippen MR) is 94.7 cm³/mol. The quantitative estimate of drug-likeness (QED) is 0.744. The largest absolute Gasteiger partial charge is 0.342 e. The normalized spacial score (nSPS) is 24.2. The number of halogens is 1. The number of hydrogen-bond donors (Lipinski definition) is 0. The predicted octanol–water partition coefficient (Wildman–Crippen LogP) is 3.46. The van der Waals surface area contributed by atoms with E-state index in [1.165, 1.54) is 38.9 Å². The Morgan fingerprint density at radius 1 is 1.09 bits per heavy atom. The van der Waals surface area contributed by atoms with Crippen molar-refractivity contribution in [3.8, 4) is 0 Å². The van der Waals surface area contributed by atoms with Crippen LogP contribution in [-0.2, 0) is 11.2 Å². The third-order valence-corrected chi connectivity index (χ3v) is 5.51. The summed E-state index contributed by atoms with van der Waals surface area (Å²) in [4.78, 5) is 17.2. The fourth-order valence-corrected chi connectivity index (χ4v) is 4.08. The van der Waals surface area contributed by atoms with Crippen molar-refractivity contribution < 1.29 is 4.79 Å². The molecule has 3 rings (SSSR count). The molecule has 2 aliphatic heterocycles. The summed E-state index contributed by atoms with van der Waals surface area (Å²) in [5, 5.41) is 0.722. The maximum Gasteiger partial charge on any atom is 0.227 e. The van der Waals surface area contributed by atoms with E-state index in [0.29, 0.717) is 18.3 Å². The SMILES string of the molecule is CCCCCN1CC2CN(C(=O)Cc3ccc(Cl)cc3)CC2C1. The zero-order valence-corrected chi connectivity index (χ0v) is 14.8. The van der Waals surface area contributed by atoms with E-state index in [1.807, 2.05) is 24.3 Å². The van der Waals surface area contributed by atoms with E-state index in [4.69, 9.17) is 11.6 Å². The summed E-state index contributed by atoms with van der Waals surface area (Å²) < 4.78 is 0. The number of nitrogens with zero attached hydrogens (tertiary/aromatic N) is 2. The molecule has 2 fully saturated rings. The van der Waals surface area contributed by atoms with Crippen LogP contribution in [0.5, 0.6) is 0 Å². The van der Waals surface area contributed by atoms with E-state index in [9.17, 15) is 4.79 Å². The van der Waals surface area contributed by atoms with Crippen molar-refractivity contribution in [2.45, 2.75) is 32.6 Å². The van der Waals surface area contributed by atoms with Gasteiger partial charge in [0.2, 0.25) is 5.91 Å². The second-order valence-corrected chi connectivity index (χ2v) is 7.53. The zero-order chi connectivity index (χ0) is 16.2. The molecule has 2 atom stereocenters. The summed E-state index contributed by atoms with van der Waals surface area (Å²) >= 11 is 5.90. The third kappa shape index (κ3) is 4.27. The fourth-order valence-electron chi connectivity index (χ4n) is 3.95. The summed E-state index contributed by atoms with van der Waals surface area (Å²) in [7, 11) is 0. The Kier molecular flexibility index (Phi) is 5.60. The summed E-state index contributed by atoms with van der Waals surface area (Å²) in [6, 6.07) is 7.62. The van der Waals surface area contributed by atoms with Gasteiger partial charge in [0.05, 0.1) is 6.42 Å². The fraction of sp³-hybridized carbons (Fsp3) is 0.632. The highest BCUT2D eigenvalue weighted by Crippen LogP contribution is 2.31. The smallest absolute Gasteiger partial charge is 0.227 e. The Morgan fingerprint density at radius 3 is 2.35 bits per heavy atom. The number of fused-ring (bicyclic) bond motifs is 1. The lowest BCUT2D eigenvalue weighted by molar-refractivity contribution is -0.129. The minimum absolute atomic E-state index is 0.263. The van der Waals surface area contributed by atoms with Crippen LogP contribution in [0.2, 0.25) is 5.02 Å². The molecule has 4 heteroatoms. The van der Waals surface area contributed by atoms with Gasteiger partial charge in [-0.3, -0.25) is 4.79 Å². The van der Waals surface area contributed by atoms with Gasteiger partial charge in [0.15, 0.2) is 0 Å². The molecule has 1 aromatic rings. The van der Waals surface area contributed by atoms with E-state index in [2.05, 4.69) is 16.7 Å². The van der Waals surface area contributed by atoms with Gasteiger partial charge < -0.3 is 9.80 Å². The molecule has 0 saturated carbocycles. The Morgan fingerprint density at radius 2 is 1.74 bits per heavy atom. The highest BCUT2D eigenvalue weighted by Gasteiger charge is 2.40. The van der Waals surface area contributed by atoms with Gasteiger partial charge >= 0.3 is 0 Å². The molecular formula is C19H27ClN2O. The van der Waals surface area contributed by atoms with Gasteiger partial charge in [0, 0.05) is 31.2 Å². The van der Waals surface area contributed by atoms with Gasteiger partial charge in [0.25, 0.3) is 0 Å². The van der Waals surface area contributed by atoms with Crippen molar-refractivity contribution in [3.63, 3.8) is 0 Å². The molecule has 2 aliphatic rings. The average Bonchev–Trinajstić information content (AvgIpc) is 3.08. The van der Waals surface area contributed by atoms with Crippen molar-refractivity contribution >= 4 is 17.5 Å². The first kappa shape index (κ1) is 16.8. The van der Waals surface area contributed by atoms with E-state index < -0.39 is 0 Å². The van der Waals surface area contributed by atoms with Crippen LogP contribution >= 0.6 is 11.6 Å². The van der Waals surface area contributed by atoms with Crippen LogP contribution in [-0.4, -0.2) is 48.4 Å². The number of hydrogen-bond acceptors (Lipinski definition) is 2. The van der Waals surface area contributed by atoms with Crippen LogP contribution in [0.3, 0.4) is 0 Å². The third-order valence-electron chi connectivity index (χ3n) is 5.26.